The number of piperazine rings is 1. The molecule has 2 saturated heterocycles. The van der Waals surface area contributed by atoms with Crippen LogP contribution in [0, 0.1) is 0 Å². The van der Waals surface area contributed by atoms with Gasteiger partial charge in [0, 0.05) is 57.9 Å². The minimum atomic E-state index is -0.611. The molecule has 0 aliphatic carbocycles. The van der Waals surface area contributed by atoms with E-state index < -0.39 is 6.04 Å². The molecule has 2 aliphatic rings. The van der Waals surface area contributed by atoms with Crippen molar-refractivity contribution in [3.8, 4) is 0 Å². The lowest BCUT2D eigenvalue weighted by atomic mass is 10.1. The number of benzene rings is 2. The Hall–Kier alpha value is -3.10. The van der Waals surface area contributed by atoms with Crippen molar-refractivity contribution < 1.29 is 14.3 Å². The second-order valence-corrected chi connectivity index (χ2v) is 9.10. The van der Waals surface area contributed by atoms with Gasteiger partial charge < -0.3 is 25.2 Å². The number of rotatable bonds is 9. The van der Waals surface area contributed by atoms with E-state index in [0.717, 1.165) is 57.9 Å². The maximum atomic E-state index is 13.1. The fourth-order valence-electron chi connectivity index (χ4n) is 4.57. The fraction of sp³-hybridized carbons (Fsp3) is 0.481. The van der Waals surface area contributed by atoms with Crippen molar-refractivity contribution in [1.29, 1.82) is 0 Å². The number of nitrogens with one attached hydrogen (secondary N) is 2. The van der Waals surface area contributed by atoms with E-state index in [0.29, 0.717) is 26.1 Å². The molecule has 2 aliphatic heterocycles. The van der Waals surface area contributed by atoms with Crippen LogP contribution in [-0.4, -0.2) is 93.4 Å². The van der Waals surface area contributed by atoms with Crippen LogP contribution in [0.1, 0.15) is 12.0 Å². The Morgan fingerprint density at radius 2 is 1.51 bits per heavy atom. The molecule has 2 heterocycles. The van der Waals surface area contributed by atoms with E-state index >= 15 is 0 Å². The van der Waals surface area contributed by atoms with Gasteiger partial charge in [0.05, 0.1) is 13.2 Å². The van der Waals surface area contributed by atoms with E-state index in [-0.39, 0.29) is 11.9 Å². The maximum absolute atomic E-state index is 13.1. The first kappa shape index (κ1) is 25.0. The number of morpholine rings is 1. The van der Waals surface area contributed by atoms with E-state index in [1.165, 1.54) is 5.69 Å². The van der Waals surface area contributed by atoms with Crippen molar-refractivity contribution in [1.82, 2.24) is 20.4 Å². The highest BCUT2D eigenvalue weighted by Gasteiger charge is 2.26. The molecule has 0 radical (unpaired) electrons. The summed E-state index contributed by atoms with van der Waals surface area (Å²) in [6, 6.07) is 19.3. The van der Waals surface area contributed by atoms with Crippen molar-refractivity contribution in [2.75, 3.05) is 70.5 Å². The second-order valence-electron chi connectivity index (χ2n) is 9.10. The SMILES string of the molecule is O=C(NCCCN1CCOCC1)[C@@H](Cc1ccccc1)NC(=O)N1CCN(c2ccccc2)CC1. The molecule has 2 aromatic rings. The first-order valence-corrected chi connectivity index (χ1v) is 12.7. The highest BCUT2D eigenvalue weighted by atomic mass is 16.5. The molecule has 0 bridgehead atoms. The number of urea groups is 1. The quantitative estimate of drug-likeness (QED) is 0.538. The summed E-state index contributed by atoms with van der Waals surface area (Å²) >= 11 is 0. The standard InChI is InChI=1S/C27H37N5O3/c33-26(28-12-7-13-30-18-20-35-21-19-30)25(22-23-8-3-1-4-9-23)29-27(34)32-16-14-31(15-17-32)24-10-5-2-6-11-24/h1-6,8-11,25H,7,12-22H2,(H,28,33)(H,29,34)/t25-/m1/s1. The minimum absolute atomic E-state index is 0.132. The molecule has 0 saturated carbocycles. The van der Waals surface area contributed by atoms with Crippen molar-refractivity contribution >= 4 is 17.6 Å². The van der Waals surface area contributed by atoms with Crippen LogP contribution >= 0.6 is 0 Å². The molecule has 3 amide bonds. The predicted octanol–water partition coefficient (Wildman–Crippen LogP) is 1.97. The van der Waals surface area contributed by atoms with Crippen molar-refractivity contribution in [3.05, 3.63) is 66.2 Å². The Labute approximate surface area is 208 Å². The zero-order valence-corrected chi connectivity index (χ0v) is 20.4. The third kappa shape index (κ3) is 7.70. The number of amides is 3. The van der Waals surface area contributed by atoms with Gasteiger partial charge in [-0.05, 0) is 30.7 Å². The average Bonchev–Trinajstić information content (AvgIpc) is 2.92. The molecule has 1 atom stereocenters. The van der Waals surface area contributed by atoms with Crippen LogP contribution in [0.3, 0.4) is 0 Å². The highest BCUT2D eigenvalue weighted by Crippen LogP contribution is 2.15. The van der Waals surface area contributed by atoms with E-state index in [9.17, 15) is 9.59 Å². The molecule has 2 N–H and O–H groups in total. The van der Waals surface area contributed by atoms with Crippen molar-refractivity contribution in [3.63, 3.8) is 0 Å². The van der Waals surface area contributed by atoms with Crippen LogP contribution in [0.15, 0.2) is 60.7 Å². The summed E-state index contributed by atoms with van der Waals surface area (Å²) in [6.45, 7) is 7.76. The van der Waals surface area contributed by atoms with Gasteiger partial charge in [-0.2, -0.15) is 0 Å². The summed E-state index contributed by atoms with van der Waals surface area (Å²) in [4.78, 5) is 32.6. The summed E-state index contributed by atoms with van der Waals surface area (Å²) in [6.07, 6.45) is 1.34. The highest BCUT2D eigenvalue weighted by molar-refractivity contribution is 5.87. The predicted molar refractivity (Wildman–Crippen MR) is 138 cm³/mol. The number of anilines is 1. The van der Waals surface area contributed by atoms with Gasteiger partial charge in [-0.3, -0.25) is 9.69 Å². The number of nitrogens with zero attached hydrogens (tertiary/aromatic N) is 3. The molecular weight excluding hydrogens is 442 g/mol. The number of para-hydroxylation sites is 1. The number of hydrogen-bond donors (Lipinski definition) is 2. The lowest BCUT2D eigenvalue weighted by molar-refractivity contribution is -0.123. The zero-order chi connectivity index (χ0) is 24.3. The Bertz CT molecular complexity index is 913. The summed E-state index contributed by atoms with van der Waals surface area (Å²) in [7, 11) is 0. The molecule has 2 aromatic carbocycles. The molecule has 0 unspecified atom stereocenters. The van der Waals surface area contributed by atoms with E-state index in [2.05, 4.69) is 32.6 Å². The van der Waals surface area contributed by atoms with Crippen LogP contribution in [0.25, 0.3) is 0 Å². The van der Waals surface area contributed by atoms with Crippen LogP contribution in [0.4, 0.5) is 10.5 Å². The smallest absolute Gasteiger partial charge is 0.318 e. The van der Waals surface area contributed by atoms with E-state index in [4.69, 9.17) is 4.74 Å². The number of carbonyl (C=O) groups is 2. The van der Waals surface area contributed by atoms with Gasteiger partial charge in [0.15, 0.2) is 0 Å². The molecule has 2 fully saturated rings. The normalized spacial score (nSPS) is 17.6. The molecule has 4 rings (SSSR count). The topological polar surface area (TPSA) is 77.2 Å². The minimum Gasteiger partial charge on any atom is -0.379 e. The average molecular weight is 480 g/mol. The fourth-order valence-corrected chi connectivity index (χ4v) is 4.57. The Morgan fingerprint density at radius 3 is 2.20 bits per heavy atom. The first-order chi connectivity index (χ1) is 17.2. The van der Waals surface area contributed by atoms with Crippen LogP contribution < -0.4 is 15.5 Å². The molecule has 188 valence electrons. The van der Waals surface area contributed by atoms with E-state index in [1.54, 1.807) is 0 Å². The second kappa shape index (κ2) is 13.1. The molecular formula is C27H37N5O3. The third-order valence-electron chi connectivity index (χ3n) is 6.64. The lowest BCUT2D eigenvalue weighted by Gasteiger charge is -2.36. The van der Waals surface area contributed by atoms with Gasteiger partial charge in [0.1, 0.15) is 6.04 Å². The molecule has 8 heteroatoms. The Morgan fingerprint density at radius 1 is 0.857 bits per heavy atom. The van der Waals surface area contributed by atoms with Gasteiger partial charge in [-0.25, -0.2) is 4.79 Å². The maximum Gasteiger partial charge on any atom is 0.318 e. The van der Waals surface area contributed by atoms with Gasteiger partial charge in [-0.15, -0.1) is 0 Å². The zero-order valence-electron chi connectivity index (χ0n) is 20.4. The van der Waals surface area contributed by atoms with Crippen LogP contribution in [-0.2, 0) is 16.0 Å². The van der Waals surface area contributed by atoms with Crippen LogP contribution in [0.5, 0.6) is 0 Å². The number of ether oxygens (including phenoxy) is 1. The molecule has 35 heavy (non-hydrogen) atoms. The van der Waals surface area contributed by atoms with Crippen LogP contribution in [0.2, 0.25) is 0 Å². The summed E-state index contributed by atoms with van der Waals surface area (Å²) in [5, 5.41) is 6.05. The Balaban J connectivity index is 1.28. The van der Waals surface area contributed by atoms with Crippen molar-refractivity contribution in [2.45, 2.75) is 18.9 Å². The van der Waals surface area contributed by atoms with Crippen molar-refractivity contribution in [2.24, 2.45) is 0 Å². The molecule has 0 spiro atoms. The largest absolute Gasteiger partial charge is 0.379 e. The molecule has 8 nitrogen and oxygen atoms in total. The summed E-state index contributed by atoms with van der Waals surface area (Å²) in [5.41, 5.74) is 2.20. The Kier molecular flexibility index (Phi) is 9.37. The molecule has 0 aromatic heterocycles. The number of hydrogen-bond acceptors (Lipinski definition) is 5. The third-order valence-corrected chi connectivity index (χ3v) is 6.64. The lowest BCUT2D eigenvalue weighted by Crippen LogP contribution is -2.56. The van der Waals surface area contributed by atoms with Gasteiger partial charge >= 0.3 is 6.03 Å². The van der Waals surface area contributed by atoms with Gasteiger partial charge in [0.25, 0.3) is 0 Å². The first-order valence-electron chi connectivity index (χ1n) is 12.7. The van der Waals surface area contributed by atoms with Gasteiger partial charge in [-0.1, -0.05) is 48.5 Å². The van der Waals surface area contributed by atoms with E-state index in [1.807, 2.05) is 53.4 Å². The summed E-state index contributed by atoms with van der Waals surface area (Å²) in [5.74, 6) is -0.132. The van der Waals surface area contributed by atoms with Gasteiger partial charge in [0.2, 0.25) is 5.91 Å². The summed E-state index contributed by atoms with van der Waals surface area (Å²) < 4.78 is 5.39. The monoisotopic (exact) mass is 479 g/mol. The number of carbonyl (C=O) groups excluding carboxylic acids is 2.